The third-order valence-electron chi connectivity index (χ3n) is 3.02. The summed E-state index contributed by atoms with van der Waals surface area (Å²) in [5.74, 6) is 0. The van der Waals surface area contributed by atoms with Crippen molar-refractivity contribution < 1.29 is 5.11 Å². The highest BCUT2D eigenvalue weighted by molar-refractivity contribution is 5.52. The first kappa shape index (κ1) is 10.4. The van der Waals surface area contributed by atoms with Gasteiger partial charge < -0.3 is 10.0 Å². The predicted molar refractivity (Wildman–Crippen MR) is 61.2 cm³/mol. The average molecular weight is 206 g/mol. The van der Waals surface area contributed by atoms with Crippen LogP contribution in [0.2, 0.25) is 0 Å². The molecule has 0 fully saturated rings. The molecule has 2 rings (SSSR count). The number of anilines is 1. The van der Waals surface area contributed by atoms with E-state index in [0.29, 0.717) is 0 Å². The topological polar surface area (TPSA) is 36.4 Å². The fraction of sp³-hybridized carbons (Fsp3) is 0.583. The molecule has 0 amide bonds. The number of aromatic nitrogens is 1. The molecule has 1 atom stereocenters. The molecule has 82 valence electrons. The van der Waals surface area contributed by atoms with Crippen molar-refractivity contribution in [3.05, 3.63) is 23.0 Å². The van der Waals surface area contributed by atoms with Crippen LogP contribution in [0.25, 0.3) is 0 Å². The number of nitrogens with zero attached hydrogens (tertiary/aromatic N) is 2. The van der Waals surface area contributed by atoms with E-state index in [1.165, 1.54) is 5.56 Å². The molecule has 1 aliphatic rings. The van der Waals surface area contributed by atoms with E-state index in [4.69, 9.17) is 0 Å². The molecule has 0 aromatic carbocycles. The number of aliphatic hydroxyl groups is 1. The van der Waals surface area contributed by atoms with Gasteiger partial charge in [-0.3, -0.25) is 4.98 Å². The summed E-state index contributed by atoms with van der Waals surface area (Å²) in [7, 11) is 4.05. The smallest absolute Gasteiger partial charge is 0.0962 e. The normalized spacial score (nSPS) is 19.9. The first-order valence-electron chi connectivity index (χ1n) is 5.45. The van der Waals surface area contributed by atoms with Crippen molar-refractivity contribution in [2.24, 2.45) is 0 Å². The first-order chi connectivity index (χ1) is 7.09. The molecule has 15 heavy (non-hydrogen) atoms. The molecule has 1 aromatic rings. The maximum atomic E-state index is 9.84. The predicted octanol–water partition coefficient (Wildman–Crippen LogP) is 1.83. The highest BCUT2D eigenvalue weighted by atomic mass is 16.3. The number of hydrogen-bond acceptors (Lipinski definition) is 3. The van der Waals surface area contributed by atoms with E-state index in [2.05, 4.69) is 16.0 Å². The number of rotatable bonds is 1. The lowest BCUT2D eigenvalue weighted by Gasteiger charge is -2.24. The van der Waals surface area contributed by atoms with Crippen molar-refractivity contribution in [3.63, 3.8) is 0 Å². The Morgan fingerprint density at radius 2 is 2.20 bits per heavy atom. The van der Waals surface area contributed by atoms with E-state index in [-0.39, 0.29) is 6.10 Å². The fourth-order valence-electron chi connectivity index (χ4n) is 2.22. The van der Waals surface area contributed by atoms with Crippen LogP contribution in [0.1, 0.15) is 35.9 Å². The van der Waals surface area contributed by atoms with Gasteiger partial charge in [-0.15, -0.1) is 0 Å². The summed E-state index contributed by atoms with van der Waals surface area (Å²) in [5, 5.41) is 9.84. The number of fused-ring (bicyclic) bond motifs is 1. The third kappa shape index (κ3) is 1.84. The average Bonchev–Trinajstić information content (AvgIpc) is 2.18. The Morgan fingerprint density at radius 1 is 1.47 bits per heavy atom. The van der Waals surface area contributed by atoms with Gasteiger partial charge in [0.25, 0.3) is 0 Å². The van der Waals surface area contributed by atoms with Gasteiger partial charge in [-0.05, 0) is 37.8 Å². The lowest BCUT2D eigenvalue weighted by molar-refractivity contribution is 0.151. The van der Waals surface area contributed by atoms with Gasteiger partial charge in [0.15, 0.2) is 0 Å². The minimum Gasteiger partial charge on any atom is -0.387 e. The van der Waals surface area contributed by atoms with Crippen LogP contribution in [0.4, 0.5) is 5.69 Å². The molecule has 0 bridgehead atoms. The molecule has 1 aromatic heterocycles. The summed E-state index contributed by atoms with van der Waals surface area (Å²) in [5.41, 5.74) is 4.26. The zero-order valence-electron chi connectivity index (χ0n) is 9.62. The highest BCUT2D eigenvalue weighted by Crippen LogP contribution is 2.31. The molecule has 1 N–H and O–H groups in total. The van der Waals surface area contributed by atoms with Crippen LogP contribution < -0.4 is 4.90 Å². The van der Waals surface area contributed by atoms with E-state index in [9.17, 15) is 5.11 Å². The second-order valence-corrected chi connectivity index (χ2v) is 4.44. The SMILES string of the molecule is Cc1nc2c(cc1N(C)C)CCCC2O. The van der Waals surface area contributed by atoms with Crippen LogP contribution >= 0.6 is 0 Å². The van der Waals surface area contributed by atoms with Crippen LogP contribution in [-0.4, -0.2) is 24.2 Å². The second kappa shape index (κ2) is 3.81. The monoisotopic (exact) mass is 206 g/mol. The zero-order valence-corrected chi connectivity index (χ0v) is 9.62. The summed E-state index contributed by atoms with van der Waals surface area (Å²) in [6.07, 6.45) is 2.59. The second-order valence-electron chi connectivity index (χ2n) is 4.44. The van der Waals surface area contributed by atoms with Crippen molar-refractivity contribution in [1.29, 1.82) is 0 Å². The van der Waals surface area contributed by atoms with Crippen molar-refractivity contribution in [2.75, 3.05) is 19.0 Å². The lowest BCUT2D eigenvalue weighted by atomic mass is 9.93. The Balaban J connectivity index is 2.49. The van der Waals surface area contributed by atoms with Crippen LogP contribution in [-0.2, 0) is 6.42 Å². The molecule has 3 nitrogen and oxygen atoms in total. The standard InChI is InChI=1S/C12H18N2O/c1-8-10(14(2)3)7-9-5-4-6-11(15)12(9)13-8/h7,11,15H,4-6H2,1-3H3. The molecule has 0 radical (unpaired) electrons. The van der Waals surface area contributed by atoms with E-state index in [1.54, 1.807) is 0 Å². The van der Waals surface area contributed by atoms with Gasteiger partial charge in [-0.1, -0.05) is 0 Å². The van der Waals surface area contributed by atoms with Gasteiger partial charge in [0.2, 0.25) is 0 Å². The Hall–Kier alpha value is -1.09. The first-order valence-corrected chi connectivity index (χ1v) is 5.45. The Kier molecular flexibility index (Phi) is 2.65. The fourth-order valence-corrected chi connectivity index (χ4v) is 2.22. The molecule has 1 unspecified atom stereocenters. The Labute approximate surface area is 90.8 Å². The molecule has 0 saturated heterocycles. The highest BCUT2D eigenvalue weighted by Gasteiger charge is 2.21. The molecule has 1 heterocycles. The summed E-state index contributed by atoms with van der Waals surface area (Å²) in [6.45, 7) is 2.00. The lowest BCUT2D eigenvalue weighted by Crippen LogP contribution is -2.17. The molecule has 0 aliphatic heterocycles. The van der Waals surface area contributed by atoms with E-state index in [1.807, 2.05) is 21.0 Å². The molecular formula is C12H18N2O. The van der Waals surface area contributed by atoms with E-state index in [0.717, 1.165) is 36.3 Å². The van der Waals surface area contributed by atoms with Crippen LogP contribution in [0.3, 0.4) is 0 Å². The third-order valence-corrected chi connectivity index (χ3v) is 3.02. The minimum absolute atomic E-state index is 0.358. The van der Waals surface area contributed by atoms with Gasteiger partial charge in [0, 0.05) is 14.1 Å². The van der Waals surface area contributed by atoms with Gasteiger partial charge in [-0.2, -0.15) is 0 Å². The Bertz CT molecular complexity index is 374. The summed E-state index contributed by atoms with van der Waals surface area (Å²) in [6, 6.07) is 2.17. The summed E-state index contributed by atoms with van der Waals surface area (Å²) < 4.78 is 0. The van der Waals surface area contributed by atoms with Crippen molar-refractivity contribution in [2.45, 2.75) is 32.3 Å². The molecular weight excluding hydrogens is 188 g/mol. The van der Waals surface area contributed by atoms with E-state index < -0.39 is 0 Å². The van der Waals surface area contributed by atoms with Gasteiger partial charge >= 0.3 is 0 Å². The van der Waals surface area contributed by atoms with E-state index >= 15 is 0 Å². The molecule has 0 saturated carbocycles. The van der Waals surface area contributed by atoms with Crippen molar-refractivity contribution >= 4 is 5.69 Å². The van der Waals surface area contributed by atoms with Gasteiger partial charge in [0.1, 0.15) is 0 Å². The molecule has 0 spiro atoms. The zero-order chi connectivity index (χ0) is 11.0. The van der Waals surface area contributed by atoms with Gasteiger partial charge in [0.05, 0.1) is 23.2 Å². The van der Waals surface area contributed by atoms with Crippen LogP contribution in [0.5, 0.6) is 0 Å². The maximum Gasteiger partial charge on any atom is 0.0962 e. The summed E-state index contributed by atoms with van der Waals surface area (Å²) >= 11 is 0. The quantitative estimate of drug-likeness (QED) is 0.761. The number of aryl methyl sites for hydroxylation is 2. The maximum absolute atomic E-state index is 9.84. The largest absolute Gasteiger partial charge is 0.387 e. The minimum atomic E-state index is -0.358. The number of hydrogen-bond donors (Lipinski definition) is 1. The van der Waals surface area contributed by atoms with Gasteiger partial charge in [-0.25, -0.2) is 0 Å². The van der Waals surface area contributed by atoms with Crippen molar-refractivity contribution in [3.8, 4) is 0 Å². The molecule has 3 heteroatoms. The van der Waals surface area contributed by atoms with Crippen LogP contribution in [0.15, 0.2) is 6.07 Å². The molecule has 1 aliphatic carbocycles. The van der Waals surface area contributed by atoms with Crippen LogP contribution in [0, 0.1) is 6.92 Å². The Morgan fingerprint density at radius 3 is 2.87 bits per heavy atom. The number of aliphatic hydroxyl groups excluding tert-OH is 1. The summed E-state index contributed by atoms with van der Waals surface area (Å²) in [4.78, 5) is 6.60. The van der Waals surface area contributed by atoms with Crippen molar-refractivity contribution in [1.82, 2.24) is 4.98 Å². The number of pyridine rings is 1.